The Bertz CT molecular complexity index is 925. The minimum atomic E-state index is -0.0764. The van der Waals surface area contributed by atoms with Gasteiger partial charge < -0.3 is 4.90 Å². The quantitative estimate of drug-likeness (QED) is 0.728. The van der Waals surface area contributed by atoms with Crippen LogP contribution in [0.5, 0.6) is 0 Å². The second-order valence-corrected chi connectivity index (χ2v) is 7.05. The van der Waals surface area contributed by atoms with Crippen molar-refractivity contribution in [3.63, 3.8) is 0 Å². The molecule has 0 N–H and O–H groups in total. The van der Waals surface area contributed by atoms with Gasteiger partial charge in [-0.1, -0.05) is 38.1 Å². The summed E-state index contributed by atoms with van der Waals surface area (Å²) in [5.41, 5.74) is 1.48. The van der Waals surface area contributed by atoms with E-state index in [0.29, 0.717) is 12.2 Å². The van der Waals surface area contributed by atoms with Crippen LogP contribution in [0.4, 0.5) is 0 Å². The number of amides is 1. The lowest BCUT2D eigenvalue weighted by Crippen LogP contribution is -2.57. The zero-order chi connectivity index (χ0) is 16.9. The van der Waals surface area contributed by atoms with Crippen molar-refractivity contribution in [2.24, 2.45) is 12.5 Å². The van der Waals surface area contributed by atoms with E-state index in [1.54, 1.807) is 10.9 Å². The van der Waals surface area contributed by atoms with Crippen LogP contribution in [-0.2, 0) is 7.05 Å². The van der Waals surface area contributed by atoms with Crippen LogP contribution in [-0.4, -0.2) is 37.3 Å². The molecule has 4 rings (SSSR count). The molecule has 2 aromatic heterocycles. The van der Waals surface area contributed by atoms with Gasteiger partial charge in [0.15, 0.2) is 5.69 Å². The number of carbonyl (C=O) groups is 1. The molecular formula is C18H19N5O. The van der Waals surface area contributed by atoms with Crippen LogP contribution in [0.1, 0.15) is 35.9 Å². The largest absolute Gasteiger partial charge is 0.329 e. The maximum atomic E-state index is 13.1. The third-order valence-electron chi connectivity index (χ3n) is 4.70. The molecule has 3 aromatic rings. The number of aromatic nitrogens is 4. The lowest BCUT2D eigenvalue weighted by molar-refractivity contribution is -0.0326. The van der Waals surface area contributed by atoms with Crippen molar-refractivity contribution >= 4 is 16.7 Å². The number of aryl methyl sites for hydroxylation is 1. The third-order valence-corrected chi connectivity index (χ3v) is 4.70. The van der Waals surface area contributed by atoms with Gasteiger partial charge in [0.1, 0.15) is 0 Å². The van der Waals surface area contributed by atoms with Crippen molar-refractivity contribution in [3.8, 4) is 0 Å². The molecule has 3 heterocycles. The summed E-state index contributed by atoms with van der Waals surface area (Å²) >= 11 is 0. The Morgan fingerprint density at radius 1 is 1.25 bits per heavy atom. The molecule has 1 unspecified atom stereocenters. The van der Waals surface area contributed by atoms with Gasteiger partial charge >= 0.3 is 0 Å². The van der Waals surface area contributed by atoms with Crippen molar-refractivity contribution in [2.75, 3.05) is 6.54 Å². The van der Waals surface area contributed by atoms with Gasteiger partial charge in [0.2, 0.25) is 0 Å². The average Bonchev–Trinajstić information content (AvgIpc) is 2.97. The Hall–Kier alpha value is -2.76. The van der Waals surface area contributed by atoms with Gasteiger partial charge in [-0.05, 0) is 0 Å². The predicted molar refractivity (Wildman–Crippen MR) is 90.3 cm³/mol. The highest BCUT2D eigenvalue weighted by Gasteiger charge is 2.50. The first-order valence-corrected chi connectivity index (χ1v) is 7.97. The molecule has 24 heavy (non-hydrogen) atoms. The second kappa shape index (κ2) is 5.12. The maximum absolute atomic E-state index is 13.1. The summed E-state index contributed by atoms with van der Waals surface area (Å²) in [7, 11) is 1.89. The van der Waals surface area contributed by atoms with E-state index >= 15 is 0 Å². The zero-order valence-corrected chi connectivity index (χ0v) is 14.0. The molecule has 0 spiro atoms. The number of hydrogen-bond donors (Lipinski definition) is 0. The van der Waals surface area contributed by atoms with Crippen molar-refractivity contribution in [1.82, 2.24) is 24.9 Å². The Balaban J connectivity index is 1.74. The minimum Gasteiger partial charge on any atom is -0.329 e. The molecule has 1 fully saturated rings. The summed E-state index contributed by atoms with van der Waals surface area (Å²) in [6.07, 6.45) is 5.49. The summed E-state index contributed by atoms with van der Waals surface area (Å²) in [5, 5.41) is 14.1. The van der Waals surface area contributed by atoms with Crippen molar-refractivity contribution in [1.29, 1.82) is 0 Å². The number of rotatable bonds is 2. The highest BCUT2D eigenvalue weighted by Crippen LogP contribution is 2.48. The number of carbonyl (C=O) groups excluding carboxylic acids is 1. The third kappa shape index (κ3) is 2.18. The average molecular weight is 321 g/mol. The van der Waals surface area contributed by atoms with Crippen LogP contribution < -0.4 is 0 Å². The summed E-state index contributed by atoms with van der Waals surface area (Å²) in [4.78, 5) is 15.0. The summed E-state index contributed by atoms with van der Waals surface area (Å²) in [5.74, 6) is -0.0764. The van der Waals surface area contributed by atoms with Gasteiger partial charge in [-0.15, -0.1) is 5.10 Å². The lowest BCUT2D eigenvalue weighted by Gasteiger charge is -2.53. The molecule has 0 radical (unpaired) electrons. The topological polar surface area (TPSA) is 63.9 Å². The molecular weight excluding hydrogens is 302 g/mol. The van der Waals surface area contributed by atoms with E-state index in [2.05, 4.69) is 29.1 Å². The highest BCUT2D eigenvalue weighted by atomic mass is 16.2. The Morgan fingerprint density at radius 2 is 2.04 bits per heavy atom. The molecule has 1 amide bonds. The van der Waals surface area contributed by atoms with Gasteiger partial charge in [-0.3, -0.25) is 9.48 Å². The number of likely N-dealkylation sites (tertiary alicyclic amines) is 1. The number of hydrogen-bond acceptors (Lipinski definition) is 4. The van der Waals surface area contributed by atoms with E-state index in [4.69, 9.17) is 0 Å². The molecule has 0 aliphatic carbocycles. The number of benzene rings is 1. The van der Waals surface area contributed by atoms with E-state index in [1.165, 1.54) is 0 Å². The van der Waals surface area contributed by atoms with Crippen molar-refractivity contribution < 1.29 is 4.79 Å². The van der Waals surface area contributed by atoms with Gasteiger partial charge in [-0.25, -0.2) is 0 Å². The molecule has 1 aliphatic rings. The number of fused-ring (bicyclic) bond motifs is 1. The van der Waals surface area contributed by atoms with Crippen LogP contribution in [0.2, 0.25) is 0 Å². The van der Waals surface area contributed by atoms with E-state index in [-0.39, 0.29) is 17.4 Å². The van der Waals surface area contributed by atoms with E-state index < -0.39 is 0 Å². The molecule has 6 heteroatoms. The molecule has 122 valence electrons. The molecule has 1 saturated heterocycles. The number of nitrogens with zero attached hydrogens (tertiary/aromatic N) is 5. The monoisotopic (exact) mass is 321 g/mol. The molecule has 0 saturated carbocycles. The van der Waals surface area contributed by atoms with Crippen LogP contribution in [0, 0.1) is 5.41 Å². The van der Waals surface area contributed by atoms with E-state index in [1.807, 2.05) is 48.6 Å². The molecule has 1 aromatic carbocycles. The lowest BCUT2D eigenvalue weighted by atomic mass is 9.72. The maximum Gasteiger partial charge on any atom is 0.275 e. The van der Waals surface area contributed by atoms with Crippen LogP contribution in [0.25, 0.3) is 10.8 Å². The smallest absolute Gasteiger partial charge is 0.275 e. The molecule has 1 aliphatic heterocycles. The first kappa shape index (κ1) is 14.8. The fraction of sp³-hybridized carbons (Fsp3) is 0.333. The fourth-order valence-corrected chi connectivity index (χ4v) is 3.65. The first-order valence-electron chi connectivity index (χ1n) is 7.97. The zero-order valence-electron chi connectivity index (χ0n) is 14.0. The first-order chi connectivity index (χ1) is 11.5. The predicted octanol–water partition coefficient (Wildman–Crippen LogP) is 2.59. The summed E-state index contributed by atoms with van der Waals surface area (Å²) in [6, 6.07) is 7.71. The van der Waals surface area contributed by atoms with Crippen molar-refractivity contribution in [3.05, 3.63) is 54.1 Å². The Labute approximate surface area is 140 Å². The summed E-state index contributed by atoms with van der Waals surface area (Å²) < 4.78 is 1.77. The van der Waals surface area contributed by atoms with Gasteiger partial charge in [0.05, 0.1) is 18.4 Å². The fourth-order valence-electron chi connectivity index (χ4n) is 3.65. The summed E-state index contributed by atoms with van der Waals surface area (Å²) in [6.45, 7) is 5.03. The van der Waals surface area contributed by atoms with Crippen LogP contribution in [0.3, 0.4) is 0 Å². The minimum absolute atomic E-state index is 0.000492. The van der Waals surface area contributed by atoms with Crippen LogP contribution >= 0.6 is 0 Å². The molecule has 1 atom stereocenters. The molecule has 6 nitrogen and oxygen atoms in total. The highest BCUT2D eigenvalue weighted by molar-refractivity contribution is 6.05. The Morgan fingerprint density at radius 3 is 2.75 bits per heavy atom. The van der Waals surface area contributed by atoms with Crippen LogP contribution in [0.15, 0.2) is 42.9 Å². The Kier molecular flexibility index (Phi) is 3.16. The second-order valence-electron chi connectivity index (χ2n) is 7.05. The van der Waals surface area contributed by atoms with E-state index in [9.17, 15) is 4.79 Å². The molecule has 0 bridgehead atoms. The normalized spacial score (nSPS) is 19.3. The van der Waals surface area contributed by atoms with Gasteiger partial charge in [0, 0.05) is 41.5 Å². The van der Waals surface area contributed by atoms with Gasteiger partial charge in [0.25, 0.3) is 5.91 Å². The van der Waals surface area contributed by atoms with E-state index in [0.717, 1.165) is 16.3 Å². The van der Waals surface area contributed by atoms with Crippen molar-refractivity contribution in [2.45, 2.75) is 19.9 Å². The SMILES string of the molecule is Cn1cc(C2N(C(=O)c3nncc4ccccc34)CC2(C)C)cn1. The standard InChI is InChI=1S/C18H19N5O/c1-18(2)11-23(16(18)13-9-20-22(3)10-13)17(24)15-14-7-5-4-6-12(14)8-19-21-15/h4-10,16H,11H2,1-3H3. The van der Waals surface area contributed by atoms with Gasteiger partial charge in [-0.2, -0.15) is 10.2 Å².